The molecule has 0 bridgehead atoms. The second kappa shape index (κ2) is 7.04. The number of carbonyl (C=O) groups excluding carboxylic acids is 1. The summed E-state index contributed by atoms with van der Waals surface area (Å²) in [6.07, 6.45) is -4.41. The molecule has 0 radical (unpaired) electrons. The van der Waals surface area contributed by atoms with Crippen LogP contribution in [0, 0.1) is 0 Å². The van der Waals surface area contributed by atoms with Gasteiger partial charge in [0.2, 0.25) is 0 Å². The van der Waals surface area contributed by atoms with Gasteiger partial charge in [-0.05, 0) is 29.3 Å². The first-order chi connectivity index (χ1) is 11.9. The fraction of sp³-hybridized carbons (Fsp3) is 0.278. The molecular formula is C18H16F3NO3. The Morgan fingerprint density at radius 2 is 1.88 bits per heavy atom. The van der Waals surface area contributed by atoms with Crippen LogP contribution in [0.4, 0.5) is 13.2 Å². The zero-order valence-corrected chi connectivity index (χ0v) is 13.2. The molecule has 0 saturated carbocycles. The molecule has 1 aliphatic heterocycles. The number of halogens is 3. The minimum absolute atomic E-state index is 0.127. The lowest BCUT2D eigenvalue weighted by Crippen LogP contribution is -2.36. The van der Waals surface area contributed by atoms with E-state index in [4.69, 9.17) is 4.74 Å². The first kappa shape index (κ1) is 17.1. The van der Waals surface area contributed by atoms with E-state index in [1.807, 2.05) is 24.3 Å². The maximum atomic E-state index is 12.2. The van der Waals surface area contributed by atoms with Crippen LogP contribution in [0.15, 0.2) is 48.5 Å². The van der Waals surface area contributed by atoms with E-state index in [2.05, 4.69) is 10.1 Å². The molecule has 25 heavy (non-hydrogen) atoms. The molecule has 1 aliphatic rings. The fourth-order valence-electron chi connectivity index (χ4n) is 2.50. The van der Waals surface area contributed by atoms with E-state index in [0.717, 1.165) is 11.1 Å². The van der Waals surface area contributed by atoms with E-state index >= 15 is 0 Å². The van der Waals surface area contributed by atoms with Gasteiger partial charge in [-0.25, -0.2) is 0 Å². The molecule has 0 aromatic heterocycles. The van der Waals surface area contributed by atoms with Gasteiger partial charge in [0.05, 0.1) is 0 Å². The number of para-hydroxylation sites is 1. The number of rotatable bonds is 5. The summed E-state index contributed by atoms with van der Waals surface area (Å²) < 4.78 is 46.5. The maximum absolute atomic E-state index is 12.2. The first-order valence-electron chi connectivity index (χ1n) is 7.71. The summed E-state index contributed by atoms with van der Waals surface area (Å²) in [5.74, 6) is 0.615. The summed E-state index contributed by atoms with van der Waals surface area (Å²) in [6, 6.07) is 13.6. The second-order valence-electron chi connectivity index (χ2n) is 5.68. The molecule has 1 unspecified atom stereocenters. The summed E-state index contributed by atoms with van der Waals surface area (Å²) in [7, 11) is 0. The minimum atomic E-state index is -4.37. The highest BCUT2D eigenvalue weighted by molar-refractivity contribution is 5.82. The van der Waals surface area contributed by atoms with Crippen LogP contribution >= 0.6 is 0 Å². The number of amides is 1. The smallest absolute Gasteiger partial charge is 0.422 e. The summed E-state index contributed by atoms with van der Waals surface area (Å²) in [5.41, 5.74) is 1.75. The Morgan fingerprint density at radius 1 is 1.16 bits per heavy atom. The van der Waals surface area contributed by atoms with Crippen LogP contribution in [0.3, 0.4) is 0 Å². The highest BCUT2D eigenvalue weighted by Gasteiger charge is 2.29. The third kappa shape index (κ3) is 4.65. The number of nitrogens with one attached hydrogen (secondary N) is 1. The molecule has 2 aromatic rings. The lowest BCUT2D eigenvalue weighted by Gasteiger charge is -2.12. The van der Waals surface area contributed by atoms with Gasteiger partial charge in [-0.3, -0.25) is 4.79 Å². The zero-order valence-electron chi connectivity index (χ0n) is 13.2. The van der Waals surface area contributed by atoms with Gasteiger partial charge in [0.25, 0.3) is 5.91 Å². The predicted molar refractivity (Wildman–Crippen MR) is 84.4 cm³/mol. The van der Waals surface area contributed by atoms with Crippen LogP contribution in [-0.2, 0) is 17.8 Å². The Balaban J connectivity index is 1.48. The molecule has 0 fully saturated rings. The van der Waals surface area contributed by atoms with Gasteiger partial charge < -0.3 is 14.8 Å². The Bertz CT molecular complexity index is 719. The number of benzene rings is 2. The Hall–Kier alpha value is -2.70. The monoisotopic (exact) mass is 351 g/mol. The van der Waals surface area contributed by atoms with Crippen molar-refractivity contribution in [3.05, 3.63) is 59.7 Å². The van der Waals surface area contributed by atoms with Crippen molar-refractivity contribution in [3.8, 4) is 11.5 Å². The minimum Gasteiger partial charge on any atom is -0.484 e. The van der Waals surface area contributed by atoms with Crippen molar-refractivity contribution in [1.82, 2.24) is 5.32 Å². The number of fused-ring (bicyclic) bond motifs is 1. The van der Waals surface area contributed by atoms with Gasteiger partial charge in [-0.2, -0.15) is 13.2 Å². The number of hydrogen-bond acceptors (Lipinski definition) is 3. The normalized spacial score (nSPS) is 16.0. The van der Waals surface area contributed by atoms with Crippen LogP contribution < -0.4 is 14.8 Å². The van der Waals surface area contributed by atoms with Crippen molar-refractivity contribution in [2.75, 3.05) is 6.61 Å². The lowest BCUT2D eigenvalue weighted by atomic mass is 10.1. The van der Waals surface area contributed by atoms with E-state index in [1.54, 1.807) is 12.1 Å². The SMILES string of the molecule is O=C(NCc1ccc(OCC(F)(F)F)cc1)C1Cc2ccccc2O1. The Labute approximate surface area is 142 Å². The topological polar surface area (TPSA) is 47.6 Å². The van der Waals surface area contributed by atoms with Gasteiger partial charge in [-0.1, -0.05) is 30.3 Å². The summed E-state index contributed by atoms with van der Waals surface area (Å²) in [5, 5.41) is 2.77. The second-order valence-corrected chi connectivity index (χ2v) is 5.68. The highest BCUT2D eigenvalue weighted by atomic mass is 19.4. The van der Waals surface area contributed by atoms with Crippen LogP contribution in [0.25, 0.3) is 0 Å². The van der Waals surface area contributed by atoms with Gasteiger partial charge in [0, 0.05) is 13.0 Å². The van der Waals surface area contributed by atoms with E-state index in [1.165, 1.54) is 12.1 Å². The van der Waals surface area contributed by atoms with Gasteiger partial charge >= 0.3 is 6.18 Å². The fourth-order valence-corrected chi connectivity index (χ4v) is 2.50. The van der Waals surface area contributed by atoms with Gasteiger partial charge in [0.1, 0.15) is 11.5 Å². The standard InChI is InChI=1S/C18H16F3NO3/c19-18(20,21)11-24-14-7-5-12(6-8-14)10-22-17(23)16-9-13-3-1-2-4-15(13)25-16/h1-8,16H,9-11H2,(H,22,23). The predicted octanol–water partition coefficient (Wildman–Crippen LogP) is 3.25. The third-order valence-corrected chi connectivity index (χ3v) is 3.73. The van der Waals surface area contributed by atoms with Crippen molar-refractivity contribution in [2.45, 2.75) is 25.2 Å². The highest BCUT2D eigenvalue weighted by Crippen LogP contribution is 2.28. The molecule has 1 N–H and O–H groups in total. The summed E-state index contributed by atoms with van der Waals surface area (Å²) in [6.45, 7) is -1.07. The van der Waals surface area contributed by atoms with Crippen LogP contribution in [0.2, 0.25) is 0 Å². The molecular weight excluding hydrogens is 335 g/mol. The number of carbonyl (C=O) groups is 1. The van der Waals surface area contributed by atoms with E-state index < -0.39 is 18.9 Å². The summed E-state index contributed by atoms with van der Waals surface area (Å²) in [4.78, 5) is 12.2. The molecule has 0 aliphatic carbocycles. The van der Waals surface area contributed by atoms with E-state index in [9.17, 15) is 18.0 Å². The molecule has 4 nitrogen and oxygen atoms in total. The average molecular weight is 351 g/mol. The Kier molecular flexibility index (Phi) is 4.83. The zero-order chi connectivity index (χ0) is 17.9. The number of hydrogen-bond donors (Lipinski definition) is 1. The molecule has 3 rings (SSSR count). The van der Waals surface area contributed by atoms with Gasteiger partial charge in [-0.15, -0.1) is 0 Å². The first-order valence-corrected chi connectivity index (χ1v) is 7.71. The van der Waals surface area contributed by atoms with Crippen molar-refractivity contribution in [1.29, 1.82) is 0 Å². The van der Waals surface area contributed by atoms with Crippen molar-refractivity contribution >= 4 is 5.91 Å². The molecule has 0 saturated heterocycles. The number of ether oxygens (including phenoxy) is 2. The number of alkyl halides is 3. The molecule has 7 heteroatoms. The van der Waals surface area contributed by atoms with Gasteiger partial charge in [0.15, 0.2) is 12.7 Å². The molecule has 1 atom stereocenters. The van der Waals surface area contributed by atoms with E-state index in [0.29, 0.717) is 12.2 Å². The van der Waals surface area contributed by atoms with Crippen LogP contribution in [0.1, 0.15) is 11.1 Å². The Morgan fingerprint density at radius 3 is 2.56 bits per heavy atom. The third-order valence-electron chi connectivity index (χ3n) is 3.73. The van der Waals surface area contributed by atoms with Crippen molar-refractivity contribution < 1.29 is 27.4 Å². The molecule has 132 valence electrons. The summed E-state index contributed by atoms with van der Waals surface area (Å²) >= 11 is 0. The van der Waals surface area contributed by atoms with Crippen molar-refractivity contribution in [3.63, 3.8) is 0 Å². The largest absolute Gasteiger partial charge is 0.484 e. The average Bonchev–Trinajstić information content (AvgIpc) is 3.02. The molecule has 0 spiro atoms. The van der Waals surface area contributed by atoms with Crippen molar-refractivity contribution in [2.24, 2.45) is 0 Å². The quantitative estimate of drug-likeness (QED) is 0.900. The van der Waals surface area contributed by atoms with Crippen LogP contribution in [-0.4, -0.2) is 24.8 Å². The maximum Gasteiger partial charge on any atom is 0.422 e. The molecule has 1 heterocycles. The lowest BCUT2D eigenvalue weighted by molar-refractivity contribution is -0.153. The molecule has 1 amide bonds. The van der Waals surface area contributed by atoms with E-state index in [-0.39, 0.29) is 18.2 Å². The molecule has 2 aromatic carbocycles. The van der Waals surface area contributed by atoms with Crippen LogP contribution in [0.5, 0.6) is 11.5 Å².